The average molecular weight is 278 g/mol. The summed E-state index contributed by atoms with van der Waals surface area (Å²) in [5.74, 6) is -0.666. The third-order valence-electron chi connectivity index (χ3n) is 3.23. The van der Waals surface area contributed by atoms with E-state index in [4.69, 9.17) is 5.11 Å². The molecule has 0 radical (unpaired) electrons. The lowest BCUT2D eigenvalue weighted by molar-refractivity contribution is -0.137. The van der Waals surface area contributed by atoms with Gasteiger partial charge in [-0.3, -0.25) is 9.69 Å². The van der Waals surface area contributed by atoms with Crippen LogP contribution in [0.1, 0.15) is 25.3 Å². The van der Waals surface area contributed by atoms with Gasteiger partial charge in [0, 0.05) is 25.7 Å². The van der Waals surface area contributed by atoms with Crippen molar-refractivity contribution >= 4 is 17.7 Å². The molecule has 5 nitrogen and oxygen atoms in total. The van der Waals surface area contributed by atoms with E-state index in [-0.39, 0.29) is 18.4 Å². The topological polar surface area (TPSA) is 69.6 Å². The first-order valence-corrected chi connectivity index (χ1v) is 6.70. The van der Waals surface area contributed by atoms with Gasteiger partial charge in [0.1, 0.15) is 0 Å². The molecule has 1 rings (SSSR count). The molecule has 20 heavy (non-hydrogen) atoms. The molecule has 0 aliphatic heterocycles. The number of aryl methyl sites for hydroxylation is 1. The van der Waals surface area contributed by atoms with Crippen molar-refractivity contribution in [2.45, 2.75) is 26.7 Å². The molecule has 2 amide bonds. The van der Waals surface area contributed by atoms with Crippen LogP contribution in [0.25, 0.3) is 0 Å². The molecular weight excluding hydrogens is 256 g/mol. The molecule has 0 aliphatic rings. The summed E-state index contributed by atoms with van der Waals surface area (Å²) >= 11 is 0. The van der Waals surface area contributed by atoms with Gasteiger partial charge in [-0.25, -0.2) is 4.79 Å². The van der Waals surface area contributed by atoms with Crippen molar-refractivity contribution in [1.29, 1.82) is 0 Å². The molecular formula is C15H22N2O3. The lowest BCUT2D eigenvalue weighted by Crippen LogP contribution is -2.39. The maximum Gasteiger partial charge on any atom is 0.321 e. The average Bonchev–Trinajstić information content (AvgIpc) is 2.42. The molecule has 0 aliphatic carbocycles. The lowest BCUT2D eigenvalue weighted by atomic mass is 10.1. The van der Waals surface area contributed by atoms with Crippen molar-refractivity contribution in [3.63, 3.8) is 0 Å². The van der Waals surface area contributed by atoms with Gasteiger partial charge < -0.3 is 10.4 Å². The summed E-state index contributed by atoms with van der Waals surface area (Å²) < 4.78 is 0. The maximum atomic E-state index is 12.0. The van der Waals surface area contributed by atoms with Crippen LogP contribution < -0.4 is 10.2 Å². The Bertz CT molecular complexity index is 474. The number of carbonyl (C=O) groups excluding carboxylic acids is 1. The van der Waals surface area contributed by atoms with Gasteiger partial charge in [0.15, 0.2) is 0 Å². The second kappa shape index (κ2) is 7.53. The van der Waals surface area contributed by atoms with Crippen molar-refractivity contribution < 1.29 is 14.7 Å². The van der Waals surface area contributed by atoms with Gasteiger partial charge in [-0.1, -0.05) is 25.1 Å². The number of amides is 2. The van der Waals surface area contributed by atoms with Gasteiger partial charge in [0.05, 0.1) is 0 Å². The molecule has 0 spiro atoms. The maximum absolute atomic E-state index is 12.0. The SMILES string of the molecule is Cc1ccccc1N(C)C(=O)NCC(C)CCC(=O)O. The Labute approximate surface area is 119 Å². The summed E-state index contributed by atoms with van der Waals surface area (Å²) in [4.78, 5) is 24.1. The second-order valence-corrected chi connectivity index (χ2v) is 5.07. The molecule has 0 fully saturated rings. The Morgan fingerprint density at radius 3 is 2.60 bits per heavy atom. The predicted octanol–water partition coefficient (Wildman–Crippen LogP) is 2.64. The first kappa shape index (κ1) is 16.0. The molecule has 0 heterocycles. The van der Waals surface area contributed by atoms with E-state index in [1.54, 1.807) is 11.9 Å². The molecule has 1 aromatic rings. The highest BCUT2D eigenvalue weighted by atomic mass is 16.4. The van der Waals surface area contributed by atoms with Crippen molar-refractivity contribution in [2.24, 2.45) is 5.92 Å². The number of carboxylic acids is 1. The second-order valence-electron chi connectivity index (χ2n) is 5.07. The number of benzene rings is 1. The van der Waals surface area contributed by atoms with E-state index in [0.717, 1.165) is 11.3 Å². The number of urea groups is 1. The van der Waals surface area contributed by atoms with Gasteiger partial charge in [-0.15, -0.1) is 0 Å². The number of carboxylic acid groups (broad SMARTS) is 1. The molecule has 1 unspecified atom stereocenters. The van der Waals surface area contributed by atoms with Crippen molar-refractivity contribution in [3.05, 3.63) is 29.8 Å². The third-order valence-corrected chi connectivity index (χ3v) is 3.23. The molecule has 5 heteroatoms. The molecule has 0 saturated heterocycles. The molecule has 0 saturated carbocycles. The van der Waals surface area contributed by atoms with Gasteiger partial charge in [0.25, 0.3) is 0 Å². The Morgan fingerprint density at radius 2 is 2.00 bits per heavy atom. The molecule has 0 bridgehead atoms. The predicted molar refractivity (Wildman–Crippen MR) is 79.0 cm³/mol. The van der Waals surface area contributed by atoms with Crippen LogP contribution >= 0.6 is 0 Å². The summed E-state index contributed by atoms with van der Waals surface area (Å²) in [7, 11) is 1.72. The van der Waals surface area contributed by atoms with Gasteiger partial charge in [-0.2, -0.15) is 0 Å². The van der Waals surface area contributed by atoms with Crippen LogP contribution in [0.2, 0.25) is 0 Å². The minimum Gasteiger partial charge on any atom is -0.481 e. The Kier molecular flexibility index (Phi) is 6.03. The summed E-state index contributed by atoms with van der Waals surface area (Å²) in [6.07, 6.45) is 0.689. The number of anilines is 1. The smallest absolute Gasteiger partial charge is 0.321 e. The van der Waals surface area contributed by atoms with Crippen molar-refractivity contribution in [3.8, 4) is 0 Å². The Morgan fingerprint density at radius 1 is 1.35 bits per heavy atom. The van der Waals surface area contributed by atoms with E-state index in [1.807, 2.05) is 38.1 Å². The van der Waals surface area contributed by atoms with Crippen molar-refractivity contribution in [2.75, 3.05) is 18.5 Å². The van der Waals surface area contributed by atoms with Gasteiger partial charge in [0.2, 0.25) is 0 Å². The zero-order valence-corrected chi connectivity index (χ0v) is 12.2. The number of nitrogens with one attached hydrogen (secondary N) is 1. The lowest BCUT2D eigenvalue weighted by Gasteiger charge is -2.21. The highest BCUT2D eigenvalue weighted by molar-refractivity contribution is 5.92. The summed E-state index contributed by atoms with van der Waals surface area (Å²) in [5.41, 5.74) is 1.90. The van der Waals surface area contributed by atoms with Gasteiger partial charge >= 0.3 is 12.0 Å². The quantitative estimate of drug-likeness (QED) is 0.840. The molecule has 110 valence electrons. The molecule has 2 N–H and O–H groups in total. The fraction of sp³-hybridized carbons (Fsp3) is 0.467. The van der Waals surface area contributed by atoms with E-state index in [1.165, 1.54) is 0 Å². The normalized spacial score (nSPS) is 11.8. The standard InChI is InChI=1S/C15H22N2O3/c1-11(8-9-14(18)19)10-16-15(20)17(3)13-7-5-4-6-12(13)2/h4-7,11H,8-10H2,1-3H3,(H,16,20)(H,18,19). The van der Waals surface area contributed by atoms with Crippen LogP contribution in [-0.2, 0) is 4.79 Å². The first-order valence-electron chi connectivity index (χ1n) is 6.70. The summed E-state index contributed by atoms with van der Waals surface area (Å²) in [6, 6.07) is 7.49. The number of para-hydroxylation sites is 1. The van der Waals surface area contributed by atoms with E-state index in [2.05, 4.69) is 5.32 Å². The molecule has 0 aromatic heterocycles. The molecule has 1 atom stereocenters. The minimum atomic E-state index is -0.805. The number of carbonyl (C=O) groups is 2. The highest BCUT2D eigenvalue weighted by Crippen LogP contribution is 2.17. The van der Waals surface area contributed by atoms with E-state index >= 15 is 0 Å². The zero-order valence-electron chi connectivity index (χ0n) is 12.2. The first-order chi connectivity index (χ1) is 9.41. The number of rotatable bonds is 6. The van der Waals surface area contributed by atoms with Crippen LogP contribution in [0.4, 0.5) is 10.5 Å². The van der Waals surface area contributed by atoms with Crippen LogP contribution in [0.15, 0.2) is 24.3 Å². The Balaban J connectivity index is 2.47. The van der Waals surface area contributed by atoms with E-state index in [0.29, 0.717) is 13.0 Å². The van der Waals surface area contributed by atoms with Gasteiger partial charge in [-0.05, 0) is 30.9 Å². The fourth-order valence-corrected chi connectivity index (χ4v) is 1.90. The Hall–Kier alpha value is -2.04. The summed E-state index contributed by atoms with van der Waals surface area (Å²) in [6.45, 7) is 4.36. The highest BCUT2D eigenvalue weighted by Gasteiger charge is 2.13. The van der Waals surface area contributed by atoms with Crippen LogP contribution in [0, 0.1) is 12.8 Å². The monoisotopic (exact) mass is 278 g/mol. The molecule has 1 aromatic carbocycles. The summed E-state index contributed by atoms with van der Waals surface area (Å²) in [5, 5.41) is 11.4. The van der Waals surface area contributed by atoms with Crippen LogP contribution in [-0.4, -0.2) is 30.7 Å². The van der Waals surface area contributed by atoms with Crippen LogP contribution in [0.3, 0.4) is 0 Å². The largest absolute Gasteiger partial charge is 0.481 e. The number of hydrogen-bond donors (Lipinski definition) is 2. The minimum absolute atomic E-state index is 0.130. The zero-order chi connectivity index (χ0) is 15.1. The fourth-order valence-electron chi connectivity index (χ4n) is 1.90. The number of aliphatic carboxylic acids is 1. The number of hydrogen-bond acceptors (Lipinski definition) is 2. The number of nitrogens with zero attached hydrogens (tertiary/aromatic N) is 1. The van der Waals surface area contributed by atoms with Crippen molar-refractivity contribution in [1.82, 2.24) is 5.32 Å². The van der Waals surface area contributed by atoms with E-state index in [9.17, 15) is 9.59 Å². The van der Waals surface area contributed by atoms with E-state index < -0.39 is 5.97 Å². The third kappa shape index (κ3) is 4.91. The van der Waals surface area contributed by atoms with Crippen LogP contribution in [0.5, 0.6) is 0 Å².